The lowest BCUT2D eigenvalue weighted by atomic mass is 10.1. The summed E-state index contributed by atoms with van der Waals surface area (Å²) in [6, 6.07) is 13.3. The van der Waals surface area contributed by atoms with Gasteiger partial charge in [-0.3, -0.25) is 9.69 Å². The third-order valence-corrected chi connectivity index (χ3v) is 5.60. The van der Waals surface area contributed by atoms with Crippen LogP contribution >= 0.6 is 0 Å². The van der Waals surface area contributed by atoms with Crippen LogP contribution in [0.4, 0.5) is 0 Å². The van der Waals surface area contributed by atoms with Gasteiger partial charge in [0.1, 0.15) is 17.9 Å². The van der Waals surface area contributed by atoms with Gasteiger partial charge >= 0.3 is 5.97 Å². The number of carbonyl (C=O) groups is 1. The van der Waals surface area contributed by atoms with E-state index in [-0.39, 0.29) is 24.9 Å². The normalized spacial score (nSPS) is 20.0. The number of carbonyl (C=O) groups excluding carboxylic acids is 1. The Balaban J connectivity index is 1.28. The zero-order valence-corrected chi connectivity index (χ0v) is 17.1. The molecule has 2 unspecified atom stereocenters. The molecule has 0 saturated carbocycles. The highest BCUT2D eigenvalue weighted by molar-refractivity contribution is 5.76. The summed E-state index contributed by atoms with van der Waals surface area (Å²) in [4.78, 5) is 18.6. The summed E-state index contributed by atoms with van der Waals surface area (Å²) >= 11 is 0. The first-order chi connectivity index (χ1) is 15.2. The van der Waals surface area contributed by atoms with Crippen molar-refractivity contribution >= 4 is 5.97 Å². The number of imidazole rings is 1. The smallest absolute Gasteiger partial charge is 0.323 e. The molecule has 2 atom stereocenters. The maximum Gasteiger partial charge on any atom is 0.323 e. The number of rotatable bonds is 6. The van der Waals surface area contributed by atoms with Crippen LogP contribution in [0, 0.1) is 0 Å². The monoisotopic (exact) mass is 421 g/mol. The van der Waals surface area contributed by atoms with Crippen molar-refractivity contribution in [2.75, 3.05) is 20.4 Å². The van der Waals surface area contributed by atoms with Gasteiger partial charge in [0.2, 0.25) is 6.79 Å². The maximum atomic E-state index is 12.4. The number of nitrogens with zero attached hydrogens (tertiary/aromatic N) is 3. The number of ether oxygens (including phenoxy) is 4. The molecule has 8 nitrogen and oxygen atoms in total. The molecule has 1 saturated heterocycles. The Hall–Kier alpha value is -3.52. The second-order valence-electron chi connectivity index (χ2n) is 7.60. The number of hydrogen-bond donors (Lipinski definition) is 0. The zero-order valence-electron chi connectivity index (χ0n) is 17.1. The van der Waals surface area contributed by atoms with Crippen molar-refractivity contribution in [2.24, 2.45) is 0 Å². The van der Waals surface area contributed by atoms with E-state index in [4.69, 9.17) is 18.9 Å². The zero-order chi connectivity index (χ0) is 21.2. The fourth-order valence-electron chi connectivity index (χ4n) is 4.08. The van der Waals surface area contributed by atoms with Crippen LogP contribution in [-0.2, 0) is 16.1 Å². The molecule has 0 aliphatic carbocycles. The van der Waals surface area contributed by atoms with Crippen molar-refractivity contribution in [3.8, 4) is 22.9 Å². The molecule has 0 radical (unpaired) electrons. The van der Waals surface area contributed by atoms with E-state index in [0.717, 1.165) is 28.5 Å². The van der Waals surface area contributed by atoms with E-state index >= 15 is 0 Å². The van der Waals surface area contributed by atoms with Crippen LogP contribution in [0.2, 0.25) is 0 Å². The van der Waals surface area contributed by atoms with E-state index in [1.165, 1.54) is 7.11 Å². The molecule has 2 aromatic carbocycles. The molecule has 3 aromatic rings. The van der Waals surface area contributed by atoms with Gasteiger partial charge in [-0.15, -0.1) is 0 Å². The highest BCUT2D eigenvalue weighted by atomic mass is 16.7. The number of methoxy groups -OCH3 is 1. The summed E-state index contributed by atoms with van der Waals surface area (Å²) < 4.78 is 24.0. The molecule has 2 aliphatic rings. The fraction of sp³-hybridized carbons (Fsp3) is 0.304. The molecule has 31 heavy (non-hydrogen) atoms. The van der Waals surface area contributed by atoms with Crippen molar-refractivity contribution in [2.45, 2.75) is 25.1 Å². The van der Waals surface area contributed by atoms with Crippen molar-refractivity contribution in [1.29, 1.82) is 0 Å². The fourth-order valence-corrected chi connectivity index (χ4v) is 4.08. The Morgan fingerprint density at radius 2 is 2.00 bits per heavy atom. The van der Waals surface area contributed by atoms with Gasteiger partial charge < -0.3 is 23.5 Å². The first kappa shape index (κ1) is 19.4. The molecule has 160 valence electrons. The Morgan fingerprint density at radius 1 is 1.16 bits per heavy atom. The topological polar surface area (TPSA) is 75.1 Å². The first-order valence-electron chi connectivity index (χ1n) is 10.1. The summed E-state index contributed by atoms with van der Waals surface area (Å²) in [6.07, 6.45) is 5.84. The molecular formula is C23H23N3O5. The summed E-state index contributed by atoms with van der Waals surface area (Å²) in [5, 5.41) is 0. The van der Waals surface area contributed by atoms with Crippen LogP contribution in [0.1, 0.15) is 12.0 Å². The highest BCUT2D eigenvalue weighted by Crippen LogP contribution is 2.34. The van der Waals surface area contributed by atoms with Crippen molar-refractivity contribution in [1.82, 2.24) is 14.5 Å². The van der Waals surface area contributed by atoms with E-state index in [0.29, 0.717) is 19.5 Å². The first-order valence-corrected chi connectivity index (χ1v) is 10.1. The second-order valence-corrected chi connectivity index (χ2v) is 7.60. The Labute approximate surface area is 179 Å². The summed E-state index contributed by atoms with van der Waals surface area (Å²) in [5.41, 5.74) is 2.05. The molecule has 5 rings (SSSR count). The van der Waals surface area contributed by atoms with Crippen molar-refractivity contribution < 1.29 is 23.7 Å². The van der Waals surface area contributed by atoms with Crippen LogP contribution in [0.15, 0.2) is 61.2 Å². The Morgan fingerprint density at radius 3 is 2.77 bits per heavy atom. The molecule has 1 fully saturated rings. The van der Waals surface area contributed by atoms with E-state index in [1.54, 1.807) is 12.5 Å². The van der Waals surface area contributed by atoms with E-state index in [1.807, 2.05) is 53.2 Å². The van der Waals surface area contributed by atoms with Crippen molar-refractivity contribution in [3.63, 3.8) is 0 Å². The summed E-state index contributed by atoms with van der Waals surface area (Å²) in [5.74, 6) is 2.00. The number of benzene rings is 2. The molecule has 0 amide bonds. The summed E-state index contributed by atoms with van der Waals surface area (Å²) in [6.45, 7) is 1.45. The van der Waals surface area contributed by atoms with Crippen molar-refractivity contribution in [3.05, 3.63) is 66.7 Å². The van der Waals surface area contributed by atoms with Gasteiger partial charge in [0.15, 0.2) is 11.5 Å². The highest BCUT2D eigenvalue weighted by Gasteiger charge is 2.38. The van der Waals surface area contributed by atoms with E-state index in [9.17, 15) is 4.79 Å². The molecule has 0 N–H and O–H groups in total. The van der Waals surface area contributed by atoms with Gasteiger partial charge in [-0.05, 0) is 42.0 Å². The number of esters is 1. The minimum atomic E-state index is -0.356. The predicted molar refractivity (Wildman–Crippen MR) is 111 cm³/mol. The average molecular weight is 421 g/mol. The maximum absolute atomic E-state index is 12.4. The van der Waals surface area contributed by atoms with Gasteiger partial charge in [-0.1, -0.05) is 6.07 Å². The van der Waals surface area contributed by atoms with Gasteiger partial charge in [-0.2, -0.15) is 0 Å². The third-order valence-electron chi connectivity index (χ3n) is 5.60. The standard InChI is InChI=1S/C23H23N3O5/c1-28-23(27)20-11-19(31-18-5-3-17(4-6-18)25-9-8-24-14-25)13-26(20)12-16-2-7-21-22(10-16)30-15-29-21/h2-10,14,19-20H,11-13,15H2,1H3. The van der Waals surface area contributed by atoms with Crippen LogP contribution in [-0.4, -0.2) is 53.0 Å². The Bertz CT molecular complexity index is 1050. The van der Waals surface area contributed by atoms with Crippen LogP contribution in [0.3, 0.4) is 0 Å². The molecule has 2 aliphatic heterocycles. The lowest BCUT2D eigenvalue weighted by Gasteiger charge is -2.22. The lowest BCUT2D eigenvalue weighted by Crippen LogP contribution is -2.36. The number of aromatic nitrogens is 2. The van der Waals surface area contributed by atoms with Crippen LogP contribution < -0.4 is 14.2 Å². The number of likely N-dealkylation sites (tertiary alicyclic amines) is 1. The minimum absolute atomic E-state index is 0.114. The van der Waals surface area contributed by atoms with Gasteiger partial charge in [0, 0.05) is 37.6 Å². The van der Waals surface area contributed by atoms with Gasteiger partial charge in [0.05, 0.1) is 13.4 Å². The molecule has 8 heteroatoms. The molecule has 3 heterocycles. The number of hydrogen-bond acceptors (Lipinski definition) is 7. The van der Waals surface area contributed by atoms with Crippen LogP contribution in [0.25, 0.3) is 5.69 Å². The van der Waals surface area contributed by atoms with Gasteiger partial charge in [0.25, 0.3) is 0 Å². The molecule has 0 spiro atoms. The third kappa shape index (κ3) is 4.06. The molecule has 1 aromatic heterocycles. The second kappa shape index (κ2) is 8.31. The average Bonchev–Trinajstić information content (AvgIpc) is 3.55. The van der Waals surface area contributed by atoms with E-state index < -0.39 is 0 Å². The largest absolute Gasteiger partial charge is 0.489 e. The Kier molecular flexibility index (Phi) is 5.21. The minimum Gasteiger partial charge on any atom is -0.489 e. The van der Waals surface area contributed by atoms with Gasteiger partial charge in [-0.25, -0.2) is 4.98 Å². The lowest BCUT2D eigenvalue weighted by molar-refractivity contribution is -0.146. The quantitative estimate of drug-likeness (QED) is 0.567. The summed E-state index contributed by atoms with van der Waals surface area (Å²) in [7, 11) is 1.42. The van der Waals surface area contributed by atoms with Crippen LogP contribution in [0.5, 0.6) is 17.2 Å². The molecular weight excluding hydrogens is 398 g/mol. The predicted octanol–water partition coefficient (Wildman–Crippen LogP) is 2.80. The van der Waals surface area contributed by atoms with E-state index in [2.05, 4.69) is 9.88 Å². The number of fused-ring (bicyclic) bond motifs is 1. The SMILES string of the molecule is COC(=O)C1CC(Oc2ccc(-n3ccnc3)cc2)CN1Cc1ccc2c(c1)OCO2. The molecule has 0 bridgehead atoms.